The summed E-state index contributed by atoms with van der Waals surface area (Å²) in [7, 11) is -9.42. The molecular weight excluding hydrogens is 866 g/mol. The number of Topliss-reactive ketones (excluding diaryl/α,β-unsaturated/α-hetero) is 2. The van der Waals surface area contributed by atoms with E-state index in [0.717, 1.165) is 32.1 Å². The second-order valence-electron chi connectivity index (χ2n) is 14.2. The molecule has 0 rings (SSSR count). The number of amides is 4. The highest BCUT2D eigenvalue weighted by Gasteiger charge is 2.26. The molecule has 0 aromatic carbocycles. The van der Waals surface area contributed by atoms with Gasteiger partial charge >= 0.3 is 33.6 Å². The monoisotopic (exact) mass is 934 g/mol. The smallest absolute Gasteiger partial charge is 0.463 e. The number of ether oxygens (including phenoxy) is 4. The molecule has 360 valence electrons. The van der Waals surface area contributed by atoms with Gasteiger partial charge in [0.1, 0.15) is 23.8 Å². The van der Waals surface area contributed by atoms with Gasteiger partial charge in [0.05, 0.1) is 77.8 Å². The van der Waals surface area contributed by atoms with Gasteiger partial charge in [-0.25, -0.2) is 13.9 Å². The first-order valence-corrected chi connectivity index (χ1v) is 23.4. The summed E-state index contributed by atoms with van der Waals surface area (Å²) in [4.78, 5) is 102. The zero-order valence-electron chi connectivity index (χ0n) is 36.7. The van der Waals surface area contributed by atoms with E-state index in [4.69, 9.17) is 37.0 Å². The van der Waals surface area contributed by atoms with Crippen molar-refractivity contribution in [3.05, 3.63) is 0 Å². The number of phosphoric ester groups is 2. The van der Waals surface area contributed by atoms with Gasteiger partial charge in [-0.1, -0.05) is 32.6 Å². The lowest BCUT2D eigenvalue weighted by Crippen LogP contribution is -2.42. The van der Waals surface area contributed by atoms with E-state index in [1.54, 1.807) is 6.92 Å². The molecule has 6 atom stereocenters. The number of urea groups is 1. The summed E-state index contributed by atoms with van der Waals surface area (Å²) in [5, 5.41) is 9.62. The van der Waals surface area contributed by atoms with Crippen molar-refractivity contribution in [1.82, 2.24) is 21.3 Å². The Kier molecular flexibility index (Phi) is 32.2. The molecule has 0 aromatic rings. The van der Waals surface area contributed by atoms with Gasteiger partial charge in [-0.15, -0.1) is 0 Å². The Balaban J connectivity index is 4.78. The van der Waals surface area contributed by atoms with E-state index in [2.05, 4.69) is 28.2 Å². The van der Waals surface area contributed by atoms with Crippen LogP contribution in [0.2, 0.25) is 0 Å². The molecule has 25 heteroatoms. The highest BCUT2D eigenvalue weighted by Crippen LogP contribution is 2.43. The van der Waals surface area contributed by atoms with Crippen LogP contribution in [-0.4, -0.2) is 141 Å². The fourth-order valence-electron chi connectivity index (χ4n) is 5.16. The quantitative estimate of drug-likeness (QED) is 0.0224. The zero-order chi connectivity index (χ0) is 47.0. The van der Waals surface area contributed by atoms with E-state index in [1.165, 1.54) is 27.7 Å². The van der Waals surface area contributed by atoms with E-state index in [-0.39, 0.29) is 45.6 Å². The molecule has 0 aliphatic rings. The molecule has 0 aliphatic heterocycles. The molecule has 0 fully saturated rings. The minimum atomic E-state index is -4.72. The first kappa shape index (κ1) is 58.6. The highest BCUT2D eigenvalue weighted by molar-refractivity contribution is 7.47. The van der Waals surface area contributed by atoms with E-state index in [0.29, 0.717) is 19.3 Å². The molecule has 6 N–H and O–H groups in total. The second-order valence-corrected chi connectivity index (χ2v) is 17.2. The van der Waals surface area contributed by atoms with Crippen molar-refractivity contribution in [3.63, 3.8) is 0 Å². The molecule has 0 aromatic heterocycles. The summed E-state index contributed by atoms with van der Waals surface area (Å²) in [6, 6.07) is -2.73. The minimum Gasteiger partial charge on any atom is -0.463 e. The van der Waals surface area contributed by atoms with Crippen molar-refractivity contribution in [2.45, 2.75) is 130 Å². The number of esters is 2. The zero-order valence-corrected chi connectivity index (χ0v) is 38.5. The molecule has 0 saturated carbocycles. The maximum absolute atomic E-state index is 12.5. The molecule has 23 nitrogen and oxygen atoms in total. The van der Waals surface area contributed by atoms with Gasteiger partial charge in [-0.3, -0.25) is 46.9 Å². The van der Waals surface area contributed by atoms with Gasteiger partial charge < -0.3 is 50.0 Å². The maximum atomic E-state index is 12.5. The number of nitrogens with one attached hydrogen (secondary N) is 4. The first-order chi connectivity index (χ1) is 29.1. The van der Waals surface area contributed by atoms with Crippen LogP contribution in [0.25, 0.3) is 0 Å². The van der Waals surface area contributed by atoms with Crippen molar-refractivity contribution >= 4 is 57.0 Å². The number of rotatable bonds is 38. The summed E-state index contributed by atoms with van der Waals surface area (Å²) in [6.45, 7) is 6.02. The number of ketones is 2. The number of hydrogen-bond acceptors (Lipinski definition) is 17. The normalized spacial score (nSPS) is 15.1. The van der Waals surface area contributed by atoms with Gasteiger partial charge in [0.2, 0.25) is 11.8 Å². The predicted octanol–water partition coefficient (Wildman–Crippen LogP) is 2.54. The third-order valence-electron chi connectivity index (χ3n) is 7.93. The summed E-state index contributed by atoms with van der Waals surface area (Å²) >= 11 is 0. The largest absolute Gasteiger partial charge is 0.472 e. The number of hydrogen-bond donors (Lipinski definition) is 6. The number of unbranched alkanes of at least 4 members (excludes halogenated alkanes) is 4. The molecule has 0 heterocycles. The fourth-order valence-corrected chi connectivity index (χ4v) is 6.69. The second kappa shape index (κ2) is 34.1. The molecule has 2 unspecified atom stereocenters. The SMILES string of the molecule is CCCCCCC[C@H](CCOC[C@H](COP(=O)(O)OCCNC(=O)NCCOP(=O)(O)OC[C@@H](COCC[C@@H](C)OC(C)=O)NC(=O)CC(C)=O)NC(=O)CC(C)=O)OC(C)=O. The molecule has 62 heavy (non-hydrogen) atoms. The van der Waals surface area contributed by atoms with E-state index in [9.17, 15) is 52.5 Å². The maximum Gasteiger partial charge on any atom is 0.472 e. The van der Waals surface area contributed by atoms with Crippen LogP contribution >= 0.6 is 15.6 Å². The van der Waals surface area contributed by atoms with Crippen LogP contribution in [0.5, 0.6) is 0 Å². The number of carbonyl (C=O) groups excluding carboxylic acids is 7. The van der Waals surface area contributed by atoms with Gasteiger partial charge in [-0.2, -0.15) is 0 Å². The molecule has 0 radical (unpaired) electrons. The Morgan fingerprint density at radius 2 is 1.02 bits per heavy atom. The molecule has 0 bridgehead atoms. The fraction of sp³-hybridized carbons (Fsp3) is 0.811. The average molecular weight is 935 g/mol. The van der Waals surface area contributed by atoms with Crippen molar-refractivity contribution in [1.29, 1.82) is 0 Å². The van der Waals surface area contributed by atoms with Crippen LogP contribution in [0.4, 0.5) is 4.79 Å². The lowest BCUT2D eigenvalue weighted by atomic mass is 10.1. The summed E-state index contributed by atoms with van der Waals surface area (Å²) in [6.07, 6.45) is 4.86. The van der Waals surface area contributed by atoms with E-state index >= 15 is 0 Å². The third-order valence-corrected chi connectivity index (χ3v) is 9.90. The van der Waals surface area contributed by atoms with Gasteiger partial charge in [0.15, 0.2) is 0 Å². The minimum absolute atomic E-state index is 0.109. The van der Waals surface area contributed by atoms with Crippen LogP contribution in [0.3, 0.4) is 0 Å². The Labute approximate surface area is 363 Å². The third kappa shape index (κ3) is 36.1. The van der Waals surface area contributed by atoms with Crippen LogP contribution in [0, 0.1) is 0 Å². The molecule has 0 aliphatic carbocycles. The Hall–Kier alpha value is -3.37. The van der Waals surface area contributed by atoms with Crippen molar-refractivity contribution < 1.29 is 89.5 Å². The van der Waals surface area contributed by atoms with Crippen LogP contribution in [0.1, 0.15) is 106 Å². The average Bonchev–Trinajstić information content (AvgIpc) is 3.15. The van der Waals surface area contributed by atoms with Crippen molar-refractivity contribution in [2.75, 3.05) is 65.9 Å². The van der Waals surface area contributed by atoms with Gasteiger partial charge in [0, 0.05) is 39.8 Å². The summed E-state index contributed by atoms with van der Waals surface area (Å²) in [5.74, 6) is -3.04. The van der Waals surface area contributed by atoms with Crippen LogP contribution < -0.4 is 21.3 Å². The lowest BCUT2D eigenvalue weighted by Gasteiger charge is -2.21. The number of carbonyl (C=O) groups is 7. The van der Waals surface area contributed by atoms with Crippen molar-refractivity contribution in [2.24, 2.45) is 0 Å². The van der Waals surface area contributed by atoms with Crippen LogP contribution in [0.15, 0.2) is 0 Å². The topological polar surface area (TPSA) is 316 Å². The van der Waals surface area contributed by atoms with Gasteiger partial charge in [0.25, 0.3) is 0 Å². The molecule has 4 amide bonds. The molecule has 0 spiro atoms. The summed E-state index contributed by atoms with van der Waals surface area (Å²) < 4.78 is 66.2. The van der Waals surface area contributed by atoms with E-state index in [1.807, 2.05) is 0 Å². The predicted molar refractivity (Wildman–Crippen MR) is 220 cm³/mol. The van der Waals surface area contributed by atoms with Crippen LogP contribution in [-0.2, 0) is 74.9 Å². The van der Waals surface area contributed by atoms with E-state index < -0.39 is 114 Å². The first-order valence-electron chi connectivity index (χ1n) is 20.5. The highest BCUT2D eigenvalue weighted by atomic mass is 31.2. The Bertz CT molecular complexity index is 1470. The number of phosphoric acid groups is 2. The Morgan fingerprint density at radius 1 is 0.565 bits per heavy atom. The summed E-state index contributed by atoms with van der Waals surface area (Å²) in [5.41, 5.74) is 0. The Morgan fingerprint density at radius 3 is 1.45 bits per heavy atom. The molecular formula is C37H68N4O19P2. The van der Waals surface area contributed by atoms with Gasteiger partial charge in [-0.05, 0) is 33.6 Å². The lowest BCUT2D eigenvalue weighted by molar-refractivity contribution is -0.148. The standard InChI is InChI=1S/C37H68N4O19P2/c1-7-8-9-10-11-12-34(60-31(6)45)14-18-54-24-33(41-36(47)22-28(3)43)26-58-62(51,52)56-20-16-39-37(48)38-15-19-55-61(49,50)57-25-32(40-35(46)21-27(2)42)23-53-17-13-29(4)59-30(5)44/h29,32-34H,7-26H2,1-6H3,(H,40,46)(H,41,47)(H,49,50)(H,51,52)(H2,38,39,48)/t29-,32-,33-,34-/m1/s1. The molecule has 0 saturated heterocycles. The van der Waals surface area contributed by atoms with Crippen molar-refractivity contribution in [3.8, 4) is 0 Å².